The van der Waals surface area contributed by atoms with Gasteiger partial charge in [0.05, 0.1) is 10.6 Å². The predicted octanol–water partition coefficient (Wildman–Crippen LogP) is 4.50. The first-order valence-electron chi connectivity index (χ1n) is 10.0. The SMILES string of the molecule is C[C@@H]1CN(c2ccc(C#N)c(Cl)c2)[C@@H](C)CN1C(=O)NCc1c[nH]c2ccccc12. The molecular formula is C23H24ClN5O. The second kappa shape index (κ2) is 8.29. The van der Waals surface area contributed by atoms with E-state index >= 15 is 0 Å². The number of rotatable bonds is 3. The Morgan fingerprint density at radius 3 is 2.80 bits per heavy atom. The normalized spacial score (nSPS) is 19.0. The zero-order chi connectivity index (χ0) is 21.3. The number of aromatic nitrogens is 1. The smallest absolute Gasteiger partial charge is 0.318 e. The first-order valence-corrected chi connectivity index (χ1v) is 10.4. The summed E-state index contributed by atoms with van der Waals surface area (Å²) in [5, 5.41) is 13.7. The average molecular weight is 422 g/mol. The van der Waals surface area contributed by atoms with Crippen molar-refractivity contribution in [1.29, 1.82) is 5.26 Å². The second-order valence-corrected chi connectivity index (χ2v) is 8.20. The number of hydrogen-bond donors (Lipinski definition) is 2. The summed E-state index contributed by atoms with van der Waals surface area (Å²) in [6, 6.07) is 15.8. The lowest BCUT2D eigenvalue weighted by Crippen LogP contribution is -2.60. The van der Waals surface area contributed by atoms with Crippen LogP contribution in [0.1, 0.15) is 25.0 Å². The zero-order valence-electron chi connectivity index (χ0n) is 17.0. The number of benzene rings is 2. The summed E-state index contributed by atoms with van der Waals surface area (Å²) < 4.78 is 0. The number of anilines is 1. The van der Waals surface area contributed by atoms with E-state index in [1.165, 1.54) is 0 Å². The lowest BCUT2D eigenvalue weighted by molar-refractivity contribution is 0.160. The van der Waals surface area contributed by atoms with E-state index in [1.54, 1.807) is 6.07 Å². The molecule has 2 amide bonds. The minimum absolute atomic E-state index is 0.0404. The summed E-state index contributed by atoms with van der Waals surface area (Å²) in [6.07, 6.45) is 1.95. The van der Waals surface area contributed by atoms with Gasteiger partial charge in [-0.05, 0) is 43.7 Å². The number of nitrogens with zero attached hydrogens (tertiary/aromatic N) is 3. The number of aromatic amines is 1. The van der Waals surface area contributed by atoms with Crippen molar-refractivity contribution in [3.8, 4) is 6.07 Å². The lowest BCUT2D eigenvalue weighted by Gasteiger charge is -2.45. The standard InChI is InChI=1S/C23H24ClN5O/c1-15-14-29(16(2)13-28(15)19-8-7-17(10-25)21(24)9-19)23(30)27-12-18-11-26-22-6-4-3-5-20(18)22/h3-9,11,15-16,26H,12-14H2,1-2H3,(H,27,30)/t15-,16+/m0/s1. The zero-order valence-corrected chi connectivity index (χ0v) is 17.8. The van der Waals surface area contributed by atoms with Gasteiger partial charge in [-0.15, -0.1) is 0 Å². The number of H-pyrrole nitrogens is 1. The number of urea groups is 1. The van der Waals surface area contributed by atoms with Crippen molar-refractivity contribution in [2.45, 2.75) is 32.5 Å². The van der Waals surface area contributed by atoms with E-state index in [9.17, 15) is 4.79 Å². The third kappa shape index (κ3) is 3.81. The molecule has 0 saturated carbocycles. The van der Waals surface area contributed by atoms with Gasteiger partial charge in [-0.2, -0.15) is 5.26 Å². The number of carbonyl (C=O) groups is 1. The molecule has 2 N–H and O–H groups in total. The van der Waals surface area contributed by atoms with Gasteiger partial charge in [-0.1, -0.05) is 29.8 Å². The van der Waals surface area contributed by atoms with Crippen LogP contribution in [0.2, 0.25) is 5.02 Å². The molecule has 1 aliphatic heterocycles. The third-order valence-electron chi connectivity index (χ3n) is 5.76. The number of nitriles is 1. The number of amides is 2. The molecule has 4 rings (SSSR count). The van der Waals surface area contributed by atoms with Crippen molar-refractivity contribution in [2.24, 2.45) is 0 Å². The molecule has 1 aliphatic rings. The van der Waals surface area contributed by atoms with Gasteiger partial charge in [-0.25, -0.2) is 4.79 Å². The number of carbonyl (C=O) groups excluding carboxylic acids is 1. The van der Waals surface area contributed by atoms with Gasteiger partial charge in [0.1, 0.15) is 6.07 Å². The molecule has 1 saturated heterocycles. The molecule has 2 heterocycles. The number of hydrogen-bond acceptors (Lipinski definition) is 3. The van der Waals surface area contributed by atoms with Gasteiger partial charge in [0.25, 0.3) is 0 Å². The van der Waals surface area contributed by atoms with Crippen molar-refractivity contribution in [1.82, 2.24) is 15.2 Å². The Morgan fingerprint density at radius 1 is 1.23 bits per heavy atom. The summed E-state index contributed by atoms with van der Waals surface area (Å²) >= 11 is 6.22. The van der Waals surface area contributed by atoms with E-state index in [0.29, 0.717) is 30.2 Å². The molecule has 0 bridgehead atoms. The minimum atomic E-state index is -0.0582. The second-order valence-electron chi connectivity index (χ2n) is 7.80. The Morgan fingerprint density at radius 2 is 2.03 bits per heavy atom. The van der Waals surface area contributed by atoms with Gasteiger partial charge in [0.15, 0.2) is 0 Å². The van der Waals surface area contributed by atoms with E-state index in [2.05, 4.69) is 41.2 Å². The predicted molar refractivity (Wildman–Crippen MR) is 120 cm³/mol. The van der Waals surface area contributed by atoms with E-state index < -0.39 is 0 Å². The Labute approximate surface area is 181 Å². The molecule has 2 atom stereocenters. The highest BCUT2D eigenvalue weighted by Crippen LogP contribution is 2.28. The molecule has 0 radical (unpaired) electrons. The maximum Gasteiger partial charge on any atom is 0.318 e. The summed E-state index contributed by atoms with van der Waals surface area (Å²) in [5.41, 5.74) is 3.58. The fourth-order valence-electron chi connectivity index (χ4n) is 4.09. The van der Waals surface area contributed by atoms with Gasteiger partial charge < -0.3 is 20.1 Å². The summed E-state index contributed by atoms with van der Waals surface area (Å²) in [6.45, 7) is 5.94. The molecule has 3 aromatic rings. The van der Waals surface area contributed by atoms with Crippen molar-refractivity contribution >= 4 is 34.2 Å². The number of nitrogens with one attached hydrogen (secondary N) is 2. The lowest BCUT2D eigenvalue weighted by atomic mass is 10.1. The minimum Gasteiger partial charge on any atom is -0.365 e. The molecule has 0 aliphatic carbocycles. The highest BCUT2D eigenvalue weighted by Gasteiger charge is 2.32. The largest absolute Gasteiger partial charge is 0.365 e. The van der Waals surface area contributed by atoms with E-state index in [4.69, 9.17) is 16.9 Å². The molecular weight excluding hydrogens is 398 g/mol. The van der Waals surface area contributed by atoms with Crippen LogP contribution in [0.5, 0.6) is 0 Å². The summed E-state index contributed by atoms with van der Waals surface area (Å²) in [5.74, 6) is 0. The first kappa shape index (κ1) is 20.1. The fourth-order valence-corrected chi connectivity index (χ4v) is 4.31. The summed E-state index contributed by atoms with van der Waals surface area (Å²) in [7, 11) is 0. The maximum atomic E-state index is 12.9. The van der Waals surface area contributed by atoms with Crippen molar-refractivity contribution in [3.63, 3.8) is 0 Å². The number of halogens is 1. The van der Waals surface area contributed by atoms with Gasteiger partial charge in [-0.3, -0.25) is 0 Å². The van der Waals surface area contributed by atoms with E-state index in [-0.39, 0.29) is 18.1 Å². The van der Waals surface area contributed by atoms with Crippen LogP contribution in [0.25, 0.3) is 10.9 Å². The first-order chi connectivity index (χ1) is 14.5. The van der Waals surface area contributed by atoms with Crippen molar-refractivity contribution < 1.29 is 4.79 Å². The Hall–Kier alpha value is -3.17. The Balaban J connectivity index is 1.42. The molecule has 0 unspecified atom stereocenters. The fraction of sp³-hybridized carbons (Fsp3) is 0.304. The van der Waals surface area contributed by atoms with Crippen molar-refractivity contribution in [2.75, 3.05) is 18.0 Å². The summed E-state index contributed by atoms with van der Waals surface area (Å²) in [4.78, 5) is 20.3. The van der Waals surface area contributed by atoms with Crippen LogP contribution >= 0.6 is 11.6 Å². The van der Waals surface area contributed by atoms with E-state index in [0.717, 1.165) is 22.2 Å². The Bertz CT molecular complexity index is 1120. The van der Waals surface area contributed by atoms with Crippen LogP contribution in [0, 0.1) is 11.3 Å². The van der Waals surface area contributed by atoms with Gasteiger partial charge in [0.2, 0.25) is 0 Å². The van der Waals surface area contributed by atoms with Crippen molar-refractivity contribution in [3.05, 3.63) is 64.8 Å². The molecule has 2 aromatic carbocycles. The quantitative estimate of drug-likeness (QED) is 0.653. The monoisotopic (exact) mass is 421 g/mol. The molecule has 1 fully saturated rings. The molecule has 6 nitrogen and oxygen atoms in total. The number of fused-ring (bicyclic) bond motifs is 1. The van der Waals surface area contributed by atoms with Crippen LogP contribution in [-0.4, -0.2) is 41.1 Å². The molecule has 0 spiro atoms. The molecule has 154 valence electrons. The van der Waals surface area contributed by atoms with Crippen LogP contribution < -0.4 is 10.2 Å². The van der Waals surface area contributed by atoms with Gasteiger partial charge >= 0.3 is 6.03 Å². The van der Waals surface area contributed by atoms with E-state index in [1.807, 2.05) is 41.4 Å². The van der Waals surface area contributed by atoms with Crippen LogP contribution in [-0.2, 0) is 6.54 Å². The maximum absolute atomic E-state index is 12.9. The topological polar surface area (TPSA) is 75.2 Å². The third-order valence-corrected chi connectivity index (χ3v) is 6.07. The number of piperazine rings is 1. The Kier molecular flexibility index (Phi) is 5.56. The highest BCUT2D eigenvalue weighted by atomic mass is 35.5. The van der Waals surface area contributed by atoms with Gasteiger partial charge in [0, 0.05) is 54.5 Å². The molecule has 30 heavy (non-hydrogen) atoms. The van der Waals surface area contributed by atoms with Crippen LogP contribution in [0.3, 0.4) is 0 Å². The number of para-hydroxylation sites is 1. The molecule has 1 aromatic heterocycles. The average Bonchev–Trinajstić information content (AvgIpc) is 3.16. The van der Waals surface area contributed by atoms with Crippen LogP contribution in [0.15, 0.2) is 48.7 Å². The van der Waals surface area contributed by atoms with Crippen LogP contribution in [0.4, 0.5) is 10.5 Å². The highest BCUT2D eigenvalue weighted by molar-refractivity contribution is 6.32. The molecule has 7 heteroatoms.